The van der Waals surface area contributed by atoms with E-state index < -0.39 is 0 Å². The zero-order valence-electron chi connectivity index (χ0n) is 11.2. The molecule has 0 aliphatic carbocycles. The van der Waals surface area contributed by atoms with Gasteiger partial charge < -0.3 is 0 Å². The second-order valence-corrected chi connectivity index (χ2v) is 6.06. The monoisotopic (exact) mass is 314 g/mol. The Balaban J connectivity index is 2.11. The van der Waals surface area contributed by atoms with Crippen LogP contribution in [0.5, 0.6) is 0 Å². The lowest BCUT2D eigenvalue weighted by Crippen LogP contribution is -2.05. The van der Waals surface area contributed by atoms with E-state index in [1.54, 1.807) is 16.0 Å². The molecular formula is C15H11ClN4S. The molecular weight excluding hydrogens is 304 g/mol. The molecule has 21 heavy (non-hydrogen) atoms. The topological polar surface area (TPSA) is 54.5 Å². The summed E-state index contributed by atoms with van der Waals surface area (Å²) in [6.45, 7) is 1.96. The number of rotatable bonds is 3. The number of benzene rings is 1. The molecule has 0 saturated heterocycles. The minimum Gasteiger partial charge on any atom is -0.216 e. The van der Waals surface area contributed by atoms with E-state index >= 15 is 0 Å². The van der Waals surface area contributed by atoms with Crippen LogP contribution in [0, 0.1) is 18.3 Å². The smallest absolute Gasteiger partial charge is 0.186 e. The second-order valence-electron chi connectivity index (χ2n) is 4.60. The molecule has 0 aliphatic heterocycles. The van der Waals surface area contributed by atoms with E-state index in [4.69, 9.17) is 11.6 Å². The zero-order valence-corrected chi connectivity index (χ0v) is 12.8. The lowest BCUT2D eigenvalue weighted by atomic mass is 10.1. The molecule has 0 radical (unpaired) electrons. The summed E-state index contributed by atoms with van der Waals surface area (Å²) in [4.78, 5) is 1.17. The largest absolute Gasteiger partial charge is 0.216 e. The minimum absolute atomic E-state index is 0.359. The predicted molar refractivity (Wildman–Crippen MR) is 82.9 cm³/mol. The molecule has 2 heterocycles. The first-order valence-electron chi connectivity index (χ1n) is 6.32. The maximum Gasteiger partial charge on any atom is 0.186 e. The normalized spacial score (nSPS) is 10.5. The van der Waals surface area contributed by atoms with Crippen molar-refractivity contribution in [1.82, 2.24) is 15.0 Å². The molecule has 2 aromatic heterocycles. The summed E-state index contributed by atoms with van der Waals surface area (Å²) in [6.07, 6.45) is 0.635. The van der Waals surface area contributed by atoms with Crippen molar-refractivity contribution < 1.29 is 0 Å². The molecule has 0 aliphatic rings. The third-order valence-corrected chi connectivity index (χ3v) is 4.29. The quantitative estimate of drug-likeness (QED) is 0.739. The first kappa shape index (κ1) is 13.8. The van der Waals surface area contributed by atoms with Gasteiger partial charge in [0.15, 0.2) is 5.69 Å². The molecule has 1 aromatic carbocycles. The van der Waals surface area contributed by atoms with Crippen molar-refractivity contribution in [2.45, 2.75) is 13.3 Å². The van der Waals surface area contributed by atoms with E-state index in [1.165, 1.54) is 4.88 Å². The summed E-state index contributed by atoms with van der Waals surface area (Å²) in [6, 6.07) is 11.7. The van der Waals surface area contributed by atoms with Gasteiger partial charge in [-0.2, -0.15) is 5.26 Å². The molecule has 0 unspecified atom stereocenters. The molecule has 6 heteroatoms. The van der Waals surface area contributed by atoms with Crippen LogP contribution in [0.2, 0.25) is 5.02 Å². The molecule has 0 N–H and O–H groups in total. The number of hydrogen-bond donors (Lipinski definition) is 0. The maximum atomic E-state index is 9.24. The summed E-state index contributed by atoms with van der Waals surface area (Å²) in [5, 5.41) is 20.0. The van der Waals surface area contributed by atoms with Crippen molar-refractivity contribution in [3.05, 3.63) is 62.6 Å². The molecule has 0 saturated carbocycles. The van der Waals surface area contributed by atoms with Gasteiger partial charge in [0, 0.05) is 16.3 Å². The SMILES string of the molecule is Cc1cc(Cl)ccc1-n1nnc(C#N)c1Cc1cccs1. The van der Waals surface area contributed by atoms with Crippen LogP contribution >= 0.6 is 22.9 Å². The molecule has 0 atom stereocenters. The summed E-state index contributed by atoms with van der Waals surface area (Å²) >= 11 is 7.65. The van der Waals surface area contributed by atoms with Gasteiger partial charge >= 0.3 is 0 Å². The lowest BCUT2D eigenvalue weighted by Gasteiger charge is -2.09. The van der Waals surface area contributed by atoms with Crippen molar-refractivity contribution in [2.75, 3.05) is 0 Å². The van der Waals surface area contributed by atoms with E-state index in [9.17, 15) is 5.26 Å². The average Bonchev–Trinajstić information content (AvgIpc) is 3.09. The van der Waals surface area contributed by atoms with Crippen molar-refractivity contribution in [2.24, 2.45) is 0 Å². The van der Waals surface area contributed by atoms with Crippen LogP contribution in [0.15, 0.2) is 35.7 Å². The Kier molecular flexibility index (Phi) is 3.74. The highest BCUT2D eigenvalue weighted by Gasteiger charge is 2.16. The van der Waals surface area contributed by atoms with Crippen LogP contribution in [0.3, 0.4) is 0 Å². The van der Waals surface area contributed by atoms with Gasteiger partial charge in [0.1, 0.15) is 6.07 Å². The van der Waals surface area contributed by atoms with Crippen LogP contribution in [0.4, 0.5) is 0 Å². The summed E-state index contributed by atoms with van der Waals surface area (Å²) in [5.41, 5.74) is 3.03. The van der Waals surface area contributed by atoms with E-state index in [1.807, 2.05) is 42.6 Å². The van der Waals surface area contributed by atoms with Crippen molar-refractivity contribution in [3.8, 4) is 11.8 Å². The highest BCUT2D eigenvalue weighted by molar-refractivity contribution is 7.09. The van der Waals surface area contributed by atoms with Gasteiger partial charge in [-0.3, -0.25) is 0 Å². The Morgan fingerprint density at radius 2 is 2.24 bits per heavy atom. The van der Waals surface area contributed by atoms with Gasteiger partial charge in [-0.25, -0.2) is 4.68 Å². The summed E-state index contributed by atoms with van der Waals surface area (Å²) < 4.78 is 1.73. The second kappa shape index (κ2) is 5.68. The Bertz CT molecular complexity index is 815. The third kappa shape index (κ3) is 2.68. The van der Waals surface area contributed by atoms with Gasteiger partial charge in [0.2, 0.25) is 0 Å². The molecule has 3 aromatic rings. The summed E-state index contributed by atoms with van der Waals surface area (Å²) in [5.74, 6) is 0. The standard InChI is InChI=1S/C15H11ClN4S/c1-10-7-11(16)4-5-14(10)20-15(13(9-17)18-19-20)8-12-3-2-6-21-12/h2-7H,8H2,1H3. The number of nitriles is 1. The first-order chi connectivity index (χ1) is 10.2. The summed E-state index contributed by atoms with van der Waals surface area (Å²) in [7, 11) is 0. The predicted octanol–water partition coefficient (Wildman–Crippen LogP) is 3.75. The van der Waals surface area contributed by atoms with E-state index in [0.717, 1.165) is 16.9 Å². The number of aryl methyl sites for hydroxylation is 1. The molecule has 104 valence electrons. The molecule has 0 spiro atoms. The Labute approximate surface area is 131 Å². The third-order valence-electron chi connectivity index (χ3n) is 3.18. The van der Waals surface area contributed by atoms with Crippen LogP contribution in [0.1, 0.15) is 21.8 Å². The molecule has 3 rings (SSSR count). The molecule has 0 bridgehead atoms. The lowest BCUT2D eigenvalue weighted by molar-refractivity contribution is 0.770. The number of aromatic nitrogens is 3. The van der Waals surface area contributed by atoms with Crippen molar-refractivity contribution in [3.63, 3.8) is 0 Å². The molecule has 4 nitrogen and oxygen atoms in total. The van der Waals surface area contributed by atoms with Crippen LogP contribution in [0.25, 0.3) is 5.69 Å². The highest BCUT2D eigenvalue weighted by Crippen LogP contribution is 2.23. The Morgan fingerprint density at radius 3 is 2.90 bits per heavy atom. The van der Waals surface area contributed by atoms with Gasteiger partial charge in [-0.1, -0.05) is 22.9 Å². The van der Waals surface area contributed by atoms with Crippen molar-refractivity contribution >= 4 is 22.9 Å². The van der Waals surface area contributed by atoms with Crippen molar-refractivity contribution in [1.29, 1.82) is 5.26 Å². The fourth-order valence-corrected chi connectivity index (χ4v) is 3.11. The highest BCUT2D eigenvalue weighted by atomic mass is 35.5. The number of halogens is 1. The van der Waals surface area contributed by atoms with Gasteiger partial charge in [-0.15, -0.1) is 16.4 Å². The van der Waals surface area contributed by atoms with Crippen LogP contribution in [-0.4, -0.2) is 15.0 Å². The fourth-order valence-electron chi connectivity index (χ4n) is 2.18. The van der Waals surface area contributed by atoms with Crippen LogP contribution < -0.4 is 0 Å². The average molecular weight is 315 g/mol. The first-order valence-corrected chi connectivity index (χ1v) is 7.58. The van der Waals surface area contributed by atoms with Gasteiger partial charge in [0.05, 0.1) is 11.4 Å². The Hall–Kier alpha value is -2.16. The van der Waals surface area contributed by atoms with Gasteiger partial charge in [-0.05, 0) is 42.1 Å². The zero-order chi connectivity index (χ0) is 14.8. The number of nitrogens with zero attached hydrogens (tertiary/aromatic N) is 4. The maximum absolute atomic E-state index is 9.24. The number of thiophene rings is 1. The number of hydrogen-bond acceptors (Lipinski definition) is 4. The van der Waals surface area contributed by atoms with E-state index in [-0.39, 0.29) is 0 Å². The van der Waals surface area contributed by atoms with Gasteiger partial charge in [0.25, 0.3) is 0 Å². The van der Waals surface area contributed by atoms with E-state index in [0.29, 0.717) is 17.1 Å². The molecule has 0 fully saturated rings. The Morgan fingerprint density at radius 1 is 1.38 bits per heavy atom. The fraction of sp³-hybridized carbons (Fsp3) is 0.133. The van der Waals surface area contributed by atoms with E-state index in [2.05, 4.69) is 16.4 Å². The molecule has 0 amide bonds. The minimum atomic E-state index is 0.359. The van der Waals surface area contributed by atoms with Crippen LogP contribution in [-0.2, 0) is 6.42 Å².